The van der Waals surface area contributed by atoms with Crippen molar-refractivity contribution in [1.82, 2.24) is 14.5 Å². The smallest absolute Gasteiger partial charge is 0.139 e. The van der Waals surface area contributed by atoms with Gasteiger partial charge in [-0.25, -0.2) is 9.37 Å². The second-order valence-corrected chi connectivity index (χ2v) is 6.26. The SMILES string of the molecule is CC(C)N(C)CCn1c(CCl)nc2cc(F)c(Br)cc21. The molecule has 3 nitrogen and oxygen atoms in total. The molecule has 1 heterocycles. The standard InChI is InChI=1S/C14H18BrClFN3/c1-9(2)19(3)4-5-20-13-6-10(15)11(17)7-12(13)18-14(20)8-16/h6-7,9H,4-5,8H2,1-3H3. The Labute approximate surface area is 131 Å². The number of hydrogen-bond acceptors (Lipinski definition) is 2. The molecule has 0 aliphatic carbocycles. The molecule has 0 radical (unpaired) electrons. The Bertz CT molecular complexity index is 612. The molecule has 2 aromatic rings. The van der Waals surface area contributed by atoms with Gasteiger partial charge in [0.1, 0.15) is 11.6 Å². The van der Waals surface area contributed by atoms with E-state index in [1.807, 2.05) is 0 Å². The molecule has 2 rings (SSSR count). The number of rotatable bonds is 5. The molecule has 0 amide bonds. The first-order valence-corrected chi connectivity index (χ1v) is 7.87. The Morgan fingerprint density at radius 2 is 2.15 bits per heavy atom. The topological polar surface area (TPSA) is 21.1 Å². The van der Waals surface area contributed by atoms with Crippen LogP contribution in [0, 0.1) is 5.82 Å². The third-order valence-electron chi connectivity index (χ3n) is 3.55. The number of benzene rings is 1. The molecule has 1 aromatic heterocycles. The molecular formula is C14H18BrClFN3. The van der Waals surface area contributed by atoms with Gasteiger partial charge in [-0.05, 0) is 42.9 Å². The number of aromatic nitrogens is 2. The van der Waals surface area contributed by atoms with Crippen molar-refractivity contribution in [2.75, 3.05) is 13.6 Å². The number of alkyl halides is 1. The van der Waals surface area contributed by atoms with Crippen LogP contribution >= 0.6 is 27.5 Å². The molecule has 1 aromatic carbocycles. The van der Waals surface area contributed by atoms with Crippen molar-refractivity contribution >= 4 is 38.6 Å². The number of likely N-dealkylation sites (N-methyl/N-ethyl adjacent to an activating group) is 1. The lowest BCUT2D eigenvalue weighted by atomic mass is 10.3. The van der Waals surface area contributed by atoms with Crippen LogP contribution in [0.25, 0.3) is 11.0 Å². The molecule has 0 saturated heterocycles. The van der Waals surface area contributed by atoms with E-state index in [9.17, 15) is 4.39 Å². The molecule has 0 aliphatic rings. The van der Waals surface area contributed by atoms with E-state index in [4.69, 9.17) is 11.6 Å². The van der Waals surface area contributed by atoms with Crippen molar-refractivity contribution in [3.63, 3.8) is 0 Å². The molecule has 0 saturated carbocycles. The quantitative estimate of drug-likeness (QED) is 0.749. The molecular weight excluding hydrogens is 345 g/mol. The van der Waals surface area contributed by atoms with Gasteiger partial charge >= 0.3 is 0 Å². The molecule has 0 unspecified atom stereocenters. The lowest BCUT2D eigenvalue weighted by Crippen LogP contribution is -2.30. The second-order valence-electron chi connectivity index (χ2n) is 5.14. The first-order valence-electron chi connectivity index (χ1n) is 6.54. The first kappa shape index (κ1) is 15.7. The van der Waals surface area contributed by atoms with E-state index in [2.05, 4.69) is 51.3 Å². The summed E-state index contributed by atoms with van der Waals surface area (Å²) in [4.78, 5) is 6.66. The monoisotopic (exact) mass is 361 g/mol. The molecule has 6 heteroatoms. The Hall–Kier alpha value is -0.650. The molecule has 0 fully saturated rings. The minimum atomic E-state index is -0.303. The van der Waals surface area contributed by atoms with Crippen LogP contribution in [0.3, 0.4) is 0 Å². The minimum Gasteiger partial charge on any atom is -0.326 e. The predicted octanol–water partition coefficient (Wildman–Crippen LogP) is 4.02. The Morgan fingerprint density at radius 1 is 1.45 bits per heavy atom. The zero-order valence-corrected chi connectivity index (χ0v) is 14.2. The summed E-state index contributed by atoms with van der Waals surface area (Å²) < 4.78 is 16.1. The van der Waals surface area contributed by atoms with E-state index in [0.717, 1.165) is 24.4 Å². The molecule has 110 valence electrons. The van der Waals surface area contributed by atoms with Gasteiger partial charge in [-0.15, -0.1) is 11.6 Å². The van der Waals surface area contributed by atoms with Crippen LogP contribution in [0.2, 0.25) is 0 Å². The molecule has 0 N–H and O–H groups in total. The Balaban J connectivity index is 2.37. The van der Waals surface area contributed by atoms with Gasteiger partial charge in [0, 0.05) is 25.2 Å². The van der Waals surface area contributed by atoms with E-state index >= 15 is 0 Å². The van der Waals surface area contributed by atoms with E-state index < -0.39 is 0 Å². The van der Waals surface area contributed by atoms with Crippen molar-refractivity contribution in [3.8, 4) is 0 Å². The van der Waals surface area contributed by atoms with Gasteiger partial charge in [-0.2, -0.15) is 0 Å². The van der Waals surface area contributed by atoms with Gasteiger partial charge in [0.05, 0.1) is 21.4 Å². The van der Waals surface area contributed by atoms with Gasteiger partial charge in [0.15, 0.2) is 0 Å². The van der Waals surface area contributed by atoms with E-state index in [1.54, 1.807) is 6.07 Å². The number of hydrogen-bond donors (Lipinski definition) is 0. The normalized spacial score (nSPS) is 12.0. The third-order valence-corrected chi connectivity index (χ3v) is 4.39. The predicted molar refractivity (Wildman–Crippen MR) is 84.7 cm³/mol. The fourth-order valence-electron chi connectivity index (χ4n) is 2.04. The fraction of sp³-hybridized carbons (Fsp3) is 0.500. The van der Waals surface area contributed by atoms with Crippen molar-refractivity contribution in [1.29, 1.82) is 0 Å². The maximum absolute atomic E-state index is 13.6. The number of nitrogens with zero attached hydrogens (tertiary/aromatic N) is 3. The average molecular weight is 363 g/mol. The van der Waals surface area contributed by atoms with E-state index in [0.29, 0.717) is 21.9 Å². The number of halogens is 3. The molecule has 0 spiro atoms. The van der Waals surface area contributed by atoms with E-state index in [-0.39, 0.29) is 5.82 Å². The highest BCUT2D eigenvalue weighted by Gasteiger charge is 2.14. The van der Waals surface area contributed by atoms with Gasteiger partial charge in [0.25, 0.3) is 0 Å². The maximum atomic E-state index is 13.6. The van der Waals surface area contributed by atoms with Gasteiger partial charge in [0.2, 0.25) is 0 Å². The summed E-state index contributed by atoms with van der Waals surface area (Å²) in [6.45, 7) is 5.98. The summed E-state index contributed by atoms with van der Waals surface area (Å²) in [6, 6.07) is 3.69. The van der Waals surface area contributed by atoms with Crippen molar-refractivity contribution in [2.45, 2.75) is 32.3 Å². The molecule has 0 atom stereocenters. The zero-order chi connectivity index (χ0) is 14.9. The summed E-state index contributed by atoms with van der Waals surface area (Å²) in [5, 5.41) is 0. The van der Waals surface area contributed by atoms with Crippen LogP contribution in [0.4, 0.5) is 4.39 Å². The average Bonchev–Trinajstić information content (AvgIpc) is 2.73. The lowest BCUT2D eigenvalue weighted by Gasteiger charge is -2.21. The van der Waals surface area contributed by atoms with Crippen LogP contribution in [0.5, 0.6) is 0 Å². The zero-order valence-electron chi connectivity index (χ0n) is 11.8. The molecule has 0 aliphatic heterocycles. The summed E-state index contributed by atoms with van der Waals surface area (Å²) in [6.07, 6.45) is 0. The summed E-state index contributed by atoms with van der Waals surface area (Å²) in [7, 11) is 2.08. The molecule has 0 bridgehead atoms. The van der Waals surface area contributed by atoms with Crippen molar-refractivity contribution in [3.05, 3.63) is 28.2 Å². The highest BCUT2D eigenvalue weighted by molar-refractivity contribution is 9.10. The number of imidazole rings is 1. The second kappa shape index (κ2) is 6.41. The van der Waals surface area contributed by atoms with Crippen molar-refractivity contribution in [2.24, 2.45) is 0 Å². The Kier molecular flexibility index (Phi) is 5.04. The van der Waals surface area contributed by atoms with Crippen molar-refractivity contribution < 1.29 is 4.39 Å². The number of fused-ring (bicyclic) bond motifs is 1. The third kappa shape index (κ3) is 3.15. The van der Waals surface area contributed by atoms with Gasteiger partial charge in [-0.1, -0.05) is 0 Å². The highest BCUT2D eigenvalue weighted by Crippen LogP contribution is 2.25. The van der Waals surface area contributed by atoms with Crippen LogP contribution in [-0.4, -0.2) is 34.1 Å². The van der Waals surface area contributed by atoms with E-state index in [1.165, 1.54) is 6.07 Å². The summed E-state index contributed by atoms with van der Waals surface area (Å²) in [5.41, 5.74) is 1.56. The van der Waals surface area contributed by atoms with Crippen LogP contribution in [0.1, 0.15) is 19.7 Å². The molecule has 20 heavy (non-hydrogen) atoms. The maximum Gasteiger partial charge on any atom is 0.139 e. The van der Waals surface area contributed by atoms with Crippen LogP contribution < -0.4 is 0 Å². The highest BCUT2D eigenvalue weighted by atomic mass is 79.9. The first-order chi connectivity index (χ1) is 9.43. The summed E-state index contributed by atoms with van der Waals surface area (Å²) in [5.74, 6) is 0.790. The fourth-order valence-corrected chi connectivity index (χ4v) is 2.57. The summed E-state index contributed by atoms with van der Waals surface area (Å²) >= 11 is 9.18. The Morgan fingerprint density at radius 3 is 2.75 bits per heavy atom. The van der Waals surface area contributed by atoms with Crippen LogP contribution in [0.15, 0.2) is 16.6 Å². The largest absolute Gasteiger partial charge is 0.326 e. The minimum absolute atomic E-state index is 0.303. The van der Waals surface area contributed by atoms with Crippen LogP contribution in [-0.2, 0) is 12.4 Å². The van der Waals surface area contributed by atoms with Gasteiger partial charge < -0.3 is 9.47 Å². The lowest BCUT2D eigenvalue weighted by molar-refractivity contribution is 0.263. The van der Waals surface area contributed by atoms with Gasteiger partial charge in [-0.3, -0.25) is 0 Å².